The van der Waals surface area contributed by atoms with Crippen molar-refractivity contribution in [2.75, 3.05) is 49.6 Å². The second-order valence-electron chi connectivity index (χ2n) is 8.92. The standard InChI is InChI=1S/C24H25ClF3N5O2/c25-20-2-1-18(30-23(34)33-5-3-16(14-33)13-24(26,27)28)12-19(20)17-11-21(31-7-9-35-10-8-31)22-29-4-6-32(22)15-17/h1-2,4,6,11-12,15-16H,3,5,7-10,13-14H2,(H,30,34)/t16-/m0/s1. The first kappa shape index (κ1) is 23.7. The Morgan fingerprint density at radius 2 is 2.00 bits per heavy atom. The van der Waals surface area contributed by atoms with Gasteiger partial charge in [-0.1, -0.05) is 11.6 Å². The number of ether oxygens (including phenoxy) is 1. The van der Waals surface area contributed by atoms with E-state index in [-0.39, 0.29) is 6.54 Å². The predicted molar refractivity (Wildman–Crippen MR) is 128 cm³/mol. The molecule has 2 aliphatic heterocycles. The lowest BCUT2D eigenvalue weighted by molar-refractivity contribution is -0.143. The number of benzene rings is 1. The smallest absolute Gasteiger partial charge is 0.378 e. The Morgan fingerprint density at radius 3 is 2.77 bits per heavy atom. The van der Waals surface area contributed by atoms with Crippen LogP contribution in [0.4, 0.5) is 29.3 Å². The largest absolute Gasteiger partial charge is 0.389 e. The van der Waals surface area contributed by atoms with Crippen molar-refractivity contribution in [3.63, 3.8) is 0 Å². The fraction of sp³-hybridized carbons (Fsp3) is 0.417. The fourth-order valence-corrected chi connectivity index (χ4v) is 4.96. The third kappa shape index (κ3) is 5.33. The number of amides is 2. The van der Waals surface area contributed by atoms with E-state index in [0.29, 0.717) is 36.9 Å². The van der Waals surface area contributed by atoms with E-state index in [1.54, 1.807) is 24.4 Å². The molecule has 11 heteroatoms. The molecule has 2 aromatic heterocycles. The number of morpholine rings is 1. The first-order valence-corrected chi connectivity index (χ1v) is 11.9. The summed E-state index contributed by atoms with van der Waals surface area (Å²) in [5, 5.41) is 3.33. The summed E-state index contributed by atoms with van der Waals surface area (Å²) >= 11 is 6.55. The Kier molecular flexibility index (Phi) is 6.50. The number of imidazole rings is 1. The minimum absolute atomic E-state index is 0.0893. The number of hydrogen-bond donors (Lipinski definition) is 1. The summed E-state index contributed by atoms with van der Waals surface area (Å²) < 4.78 is 45.5. The Bertz CT molecular complexity index is 1230. The van der Waals surface area contributed by atoms with E-state index in [9.17, 15) is 18.0 Å². The zero-order valence-electron chi connectivity index (χ0n) is 18.9. The van der Waals surface area contributed by atoms with Gasteiger partial charge in [0.2, 0.25) is 0 Å². The Hall–Kier alpha value is -2.98. The van der Waals surface area contributed by atoms with Crippen molar-refractivity contribution in [3.8, 4) is 11.1 Å². The number of nitrogens with zero attached hydrogens (tertiary/aromatic N) is 4. The summed E-state index contributed by atoms with van der Waals surface area (Å²) in [6, 6.07) is 6.79. The average molecular weight is 508 g/mol. The molecule has 2 aliphatic rings. The maximum atomic E-state index is 12.7. The molecule has 1 atom stereocenters. The van der Waals surface area contributed by atoms with Crippen LogP contribution < -0.4 is 10.2 Å². The van der Waals surface area contributed by atoms with E-state index in [0.717, 1.165) is 35.6 Å². The van der Waals surface area contributed by atoms with Gasteiger partial charge in [0.25, 0.3) is 0 Å². The van der Waals surface area contributed by atoms with Gasteiger partial charge in [-0.3, -0.25) is 0 Å². The van der Waals surface area contributed by atoms with E-state index in [2.05, 4.69) is 15.2 Å². The molecule has 186 valence electrons. The number of anilines is 2. The average Bonchev–Trinajstić information content (AvgIpc) is 3.48. The molecule has 3 aromatic rings. The van der Waals surface area contributed by atoms with Crippen molar-refractivity contribution < 1.29 is 22.7 Å². The van der Waals surface area contributed by atoms with Crippen LogP contribution in [0.1, 0.15) is 12.8 Å². The fourth-order valence-electron chi connectivity index (χ4n) is 4.74. The molecular weight excluding hydrogens is 483 g/mol. The lowest BCUT2D eigenvalue weighted by Crippen LogP contribution is -2.36. The van der Waals surface area contributed by atoms with Gasteiger partial charge in [0, 0.05) is 73.0 Å². The third-order valence-corrected chi connectivity index (χ3v) is 6.77. The van der Waals surface area contributed by atoms with Gasteiger partial charge >= 0.3 is 12.2 Å². The summed E-state index contributed by atoms with van der Waals surface area (Å²) in [6.07, 6.45) is 0.786. The number of rotatable bonds is 4. The number of pyridine rings is 1. The molecule has 7 nitrogen and oxygen atoms in total. The lowest BCUT2D eigenvalue weighted by atomic mass is 10.1. The van der Waals surface area contributed by atoms with E-state index >= 15 is 0 Å². The van der Waals surface area contributed by atoms with Crippen molar-refractivity contribution >= 4 is 34.7 Å². The van der Waals surface area contributed by atoms with Crippen LogP contribution in [0.2, 0.25) is 5.02 Å². The number of hydrogen-bond acceptors (Lipinski definition) is 4. The summed E-state index contributed by atoms with van der Waals surface area (Å²) in [5.74, 6) is -0.568. The quantitative estimate of drug-likeness (QED) is 0.521. The number of likely N-dealkylation sites (tertiary alicyclic amines) is 1. The summed E-state index contributed by atoms with van der Waals surface area (Å²) in [7, 11) is 0. The number of carbonyl (C=O) groups is 1. The van der Waals surface area contributed by atoms with E-state index < -0.39 is 24.5 Å². The molecule has 0 bridgehead atoms. The number of nitrogens with one attached hydrogen (secondary N) is 1. The van der Waals surface area contributed by atoms with Gasteiger partial charge in [0.15, 0.2) is 5.65 Å². The minimum Gasteiger partial charge on any atom is -0.378 e. The molecule has 1 N–H and O–H groups in total. The molecule has 4 heterocycles. The van der Waals surface area contributed by atoms with Crippen LogP contribution in [0.25, 0.3) is 16.8 Å². The first-order valence-electron chi connectivity index (χ1n) is 11.5. The van der Waals surface area contributed by atoms with Crippen molar-refractivity contribution in [3.05, 3.63) is 47.9 Å². The van der Waals surface area contributed by atoms with Crippen LogP contribution in [0.5, 0.6) is 0 Å². The van der Waals surface area contributed by atoms with Crippen LogP contribution >= 0.6 is 11.6 Å². The molecule has 0 spiro atoms. The third-order valence-electron chi connectivity index (χ3n) is 6.44. The first-order chi connectivity index (χ1) is 16.8. The maximum absolute atomic E-state index is 12.7. The van der Waals surface area contributed by atoms with Crippen LogP contribution in [0.15, 0.2) is 42.9 Å². The molecular formula is C24H25ClF3N5O2. The summed E-state index contributed by atoms with van der Waals surface area (Å²) in [4.78, 5) is 20.9. The molecule has 0 radical (unpaired) electrons. The van der Waals surface area contributed by atoms with Crippen molar-refractivity contribution in [2.24, 2.45) is 5.92 Å². The zero-order chi connectivity index (χ0) is 24.6. The minimum atomic E-state index is -4.22. The summed E-state index contributed by atoms with van der Waals surface area (Å²) in [5.41, 5.74) is 3.90. The molecule has 5 rings (SSSR count). The topological polar surface area (TPSA) is 62.1 Å². The second kappa shape index (κ2) is 9.58. The second-order valence-corrected chi connectivity index (χ2v) is 9.32. The molecule has 2 amide bonds. The highest BCUT2D eigenvalue weighted by Gasteiger charge is 2.36. The van der Waals surface area contributed by atoms with Crippen LogP contribution in [0.3, 0.4) is 0 Å². The number of carbonyl (C=O) groups excluding carboxylic acids is 1. The number of alkyl halides is 3. The number of halogens is 4. The number of aromatic nitrogens is 2. The number of fused-ring (bicyclic) bond motifs is 1. The summed E-state index contributed by atoms with van der Waals surface area (Å²) in [6.45, 7) is 3.17. The molecule has 35 heavy (non-hydrogen) atoms. The van der Waals surface area contributed by atoms with Gasteiger partial charge in [-0.15, -0.1) is 0 Å². The lowest BCUT2D eigenvalue weighted by Gasteiger charge is -2.29. The Balaban J connectivity index is 1.38. The molecule has 0 unspecified atom stereocenters. The molecule has 2 fully saturated rings. The Morgan fingerprint density at radius 1 is 1.20 bits per heavy atom. The Labute approximate surface area is 205 Å². The maximum Gasteiger partial charge on any atom is 0.389 e. The van der Waals surface area contributed by atoms with Gasteiger partial charge in [-0.25, -0.2) is 9.78 Å². The van der Waals surface area contributed by atoms with Gasteiger partial charge in [-0.05, 0) is 36.6 Å². The number of urea groups is 1. The molecule has 2 saturated heterocycles. The predicted octanol–water partition coefficient (Wildman–Crippen LogP) is 5.30. The van der Waals surface area contributed by atoms with Crippen molar-refractivity contribution in [2.45, 2.75) is 19.0 Å². The molecule has 0 saturated carbocycles. The van der Waals surface area contributed by atoms with Crippen molar-refractivity contribution in [1.82, 2.24) is 14.3 Å². The normalized spacial score (nSPS) is 18.9. The monoisotopic (exact) mass is 507 g/mol. The molecule has 1 aromatic carbocycles. The SMILES string of the molecule is O=C(Nc1ccc(Cl)c(-c2cc(N3CCOCC3)c3nccn3c2)c1)N1CC[C@@H](CC(F)(F)F)C1. The van der Waals surface area contributed by atoms with E-state index in [1.165, 1.54) is 4.90 Å². The highest BCUT2D eigenvalue weighted by Crippen LogP contribution is 2.35. The van der Waals surface area contributed by atoms with E-state index in [4.69, 9.17) is 16.3 Å². The molecule has 0 aliphatic carbocycles. The van der Waals surface area contributed by atoms with Crippen LogP contribution in [0, 0.1) is 5.92 Å². The zero-order valence-corrected chi connectivity index (χ0v) is 19.6. The van der Waals surface area contributed by atoms with E-state index in [1.807, 2.05) is 22.9 Å². The van der Waals surface area contributed by atoms with Gasteiger partial charge in [0.1, 0.15) is 0 Å². The van der Waals surface area contributed by atoms with Crippen molar-refractivity contribution in [1.29, 1.82) is 0 Å². The highest BCUT2D eigenvalue weighted by atomic mass is 35.5. The van der Waals surface area contributed by atoms with Crippen LogP contribution in [-0.4, -0.2) is 65.9 Å². The van der Waals surface area contributed by atoms with Gasteiger partial charge < -0.3 is 24.3 Å². The van der Waals surface area contributed by atoms with Gasteiger partial charge in [0.05, 0.1) is 18.9 Å². The van der Waals surface area contributed by atoms with Crippen LogP contribution in [-0.2, 0) is 4.74 Å². The van der Waals surface area contributed by atoms with Gasteiger partial charge in [-0.2, -0.15) is 13.2 Å². The highest BCUT2D eigenvalue weighted by molar-refractivity contribution is 6.33.